The Labute approximate surface area is 300 Å². The topological polar surface area (TPSA) is 0 Å². The van der Waals surface area contributed by atoms with E-state index in [2.05, 4.69) is 188 Å². The first-order valence-corrected chi connectivity index (χ1v) is 18.1. The van der Waals surface area contributed by atoms with Crippen LogP contribution in [-0.2, 0) is 0 Å². The van der Waals surface area contributed by atoms with Crippen LogP contribution in [0.5, 0.6) is 0 Å². The zero-order valence-electron chi connectivity index (χ0n) is 28.1. The quantitative estimate of drug-likeness (QED) is 0.243. The van der Waals surface area contributed by atoms with E-state index in [0.29, 0.717) is 0 Å². The molecule has 0 aliphatic carbocycles. The third-order valence-electron chi connectivity index (χ3n) is 11.8. The van der Waals surface area contributed by atoms with E-state index in [-0.39, 0.29) is 20.1 Å². The van der Waals surface area contributed by atoms with Crippen molar-refractivity contribution < 1.29 is 0 Å². The molecule has 3 heteroatoms. The van der Waals surface area contributed by atoms with E-state index in [1.54, 1.807) is 0 Å². The Morgan fingerprint density at radius 3 is 0.922 bits per heavy atom. The first-order valence-electron chi connectivity index (χ1n) is 18.1. The molecule has 11 rings (SSSR count). The summed E-state index contributed by atoms with van der Waals surface area (Å²) in [5, 5.41) is 0. The SMILES string of the molecule is c1ccc(-c2cccc(-c3ccccc3)c2B2c3ccccc3B3c4ccccc4-c4ccc5c(c43)B(c3ccccc32)c2ccccc2-5)cc1. The zero-order valence-corrected chi connectivity index (χ0v) is 28.1. The molecule has 8 aromatic rings. The normalized spacial score (nSPS) is 13.0. The molecule has 8 aromatic carbocycles. The molecule has 0 bridgehead atoms. The van der Waals surface area contributed by atoms with E-state index < -0.39 is 0 Å². The van der Waals surface area contributed by atoms with Crippen LogP contribution in [-0.4, -0.2) is 20.1 Å². The van der Waals surface area contributed by atoms with Crippen molar-refractivity contribution in [3.05, 3.63) is 188 Å². The molecule has 0 spiro atoms. The molecule has 3 aliphatic heterocycles. The van der Waals surface area contributed by atoms with Crippen molar-refractivity contribution in [2.75, 3.05) is 0 Å². The minimum Gasteiger partial charge on any atom is -0.0733 e. The van der Waals surface area contributed by atoms with Gasteiger partial charge in [-0.2, -0.15) is 0 Å². The molecular weight excluding hydrogens is 609 g/mol. The second kappa shape index (κ2) is 11.2. The fraction of sp³-hybridized carbons (Fsp3) is 0. The second-order valence-corrected chi connectivity index (χ2v) is 14.2. The molecule has 0 fully saturated rings. The van der Waals surface area contributed by atoms with Gasteiger partial charge in [0.05, 0.1) is 0 Å². The van der Waals surface area contributed by atoms with Gasteiger partial charge >= 0.3 is 0 Å². The molecular formula is C48H31B3. The molecule has 0 saturated heterocycles. The lowest BCUT2D eigenvalue weighted by Crippen LogP contribution is -2.66. The van der Waals surface area contributed by atoms with Crippen molar-refractivity contribution in [3.63, 3.8) is 0 Å². The van der Waals surface area contributed by atoms with Gasteiger partial charge in [0.1, 0.15) is 0 Å². The highest BCUT2D eigenvalue weighted by atomic mass is 14.3. The Morgan fingerprint density at radius 1 is 0.196 bits per heavy atom. The first kappa shape index (κ1) is 28.8. The standard InChI is InChI=1S/C48H31B3/c1-3-16-32(17-4-1)34-22-15-23-35(33-18-5-2-6-19-33)46(34)51-44-28-13-11-26-42(44)49-40-24-9-7-20-36(40)38-30-31-39-37-21-8-10-25-41(37)50(48(39)47(38)49)43-27-12-14-29-45(43)51/h1-31H. The van der Waals surface area contributed by atoms with Crippen LogP contribution in [0, 0.1) is 0 Å². The molecule has 0 aromatic heterocycles. The number of hydrogen-bond acceptors (Lipinski definition) is 0. The third-order valence-corrected chi connectivity index (χ3v) is 11.8. The van der Waals surface area contributed by atoms with Crippen molar-refractivity contribution in [1.29, 1.82) is 0 Å². The molecule has 232 valence electrons. The Kier molecular flexibility index (Phi) is 6.34. The summed E-state index contributed by atoms with van der Waals surface area (Å²) in [5.74, 6) is 0. The van der Waals surface area contributed by atoms with E-state index in [0.717, 1.165) is 0 Å². The van der Waals surface area contributed by atoms with Crippen LogP contribution in [0.15, 0.2) is 188 Å². The van der Waals surface area contributed by atoms with Crippen LogP contribution in [0.4, 0.5) is 0 Å². The molecule has 0 radical (unpaired) electrons. The summed E-state index contributed by atoms with van der Waals surface area (Å²) < 4.78 is 0. The maximum Gasteiger partial charge on any atom is 0.241 e. The largest absolute Gasteiger partial charge is 0.241 e. The van der Waals surface area contributed by atoms with Gasteiger partial charge in [-0.05, 0) is 44.5 Å². The van der Waals surface area contributed by atoms with E-state index >= 15 is 0 Å². The number of benzene rings is 8. The Balaban J connectivity index is 1.33. The smallest absolute Gasteiger partial charge is 0.0733 e. The van der Waals surface area contributed by atoms with Crippen LogP contribution in [0.2, 0.25) is 0 Å². The maximum absolute atomic E-state index is 2.43. The van der Waals surface area contributed by atoms with Crippen molar-refractivity contribution in [2.24, 2.45) is 0 Å². The highest BCUT2D eigenvalue weighted by molar-refractivity contribution is 7.14. The van der Waals surface area contributed by atoms with Gasteiger partial charge in [-0.1, -0.05) is 237 Å². The summed E-state index contributed by atoms with van der Waals surface area (Å²) in [5.41, 5.74) is 23.2. The van der Waals surface area contributed by atoms with Crippen LogP contribution in [0.3, 0.4) is 0 Å². The van der Waals surface area contributed by atoms with E-state index in [1.165, 1.54) is 93.7 Å². The van der Waals surface area contributed by atoms with Crippen LogP contribution >= 0.6 is 0 Å². The molecule has 0 amide bonds. The Bertz CT molecular complexity index is 2480. The lowest BCUT2D eigenvalue weighted by Gasteiger charge is -2.28. The Morgan fingerprint density at radius 2 is 0.510 bits per heavy atom. The maximum atomic E-state index is 2.43. The van der Waals surface area contributed by atoms with Gasteiger partial charge in [0.2, 0.25) is 20.1 Å². The van der Waals surface area contributed by atoms with Gasteiger partial charge in [-0.3, -0.25) is 0 Å². The minimum atomic E-state index is -0.0225. The molecule has 3 aliphatic rings. The van der Waals surface area contributed by atoms with Crippen LogP contribution in [0.25, 0.3) is 44.5 Å². The monoisotopic (exact) mass is 640 g/mol. The van der Waals surface area contributed by atoms with Gasteiger partial charge in [0.25, 0.3) is 0 Å². The van der Waals surface area contributed by atoms with Gasteiger partial charge in [-0.15, -0.1) is 0 Å². The van der Waals surface area contributed by atoms with Gasteiger partial charge in [0.15, 0.2) is 0 Å². The summed E-state index contributed by atoms with van der Waals surface area (Å²) in [6.45, 7) is 0.228. The van der Waals surface area contributed by atoms with E-state index in [4.69, 9.17) is 0 Å². The minimum absolute atomic E-state index is 0.0225. The highest BCUT2D eigenvalue weighted by Crippen LogP contribution is 2.31. The number of hydrogen-bond donors (Lipinski definition) is 0. The summed E-state index contributed by atoms with van der Waals surface area (Å²) in [7, 11) is 0. The summed E-state index contributed by atoms with van der Waals surface area (Å²) in [4.78, 5) is 0. The molecule has 0 unspecified atom stereocenters. The molecule has 0 saturated carbocycles. The van der Waals surface area contributed by atoms with Crippen molar-refractivity contribution in [1.82, 2.24) is 0 Å². The van der Waals surface area contributed by atoms with Crippen molar-refractivity contribution >= 4 is 69.3 Å². The number of rotatable bonds is 3. The average molecular weight is 640 g/mol. The second-order valence-electron chi connectivity index (χ2n) is 14.2. The molecule has 0 N–H and O–H groups in total. The molecule has 3 heterocycles. The Hall–Kier alpha value is -6.05. The van der Waals surface area contributed by atoms with Crippen LogP contribution in [0.1, 0.15) is 0 Å². The third kappa shape index (κ3) is 4.12. The van der Waals surface area contributed by atoms with Gasteiger partial charge < -0.3 is 0 Å². The summed E-state index contributed by atoms with van der Waals surface area (Å²) >= 11 is 0. The van der Waals surface area contributed by atoms with E-state index in [1.807, 2.05) is 0 Å². The zero-order chi connectivity index (χ0) is 33.5. The fourth-order valence-electron chi connectivity index (χ4n) is 9.84. The van der Waals surface area contributed by atoms with Gasteiger partial charge in [0, 0.05) is 0 Å². The lowest BCUT2D eigenvalue weighted by atomic mass is 9.28. The fourth-order valence-corrected chi connectivity index (χ4v) is 9.84. The predicted octanol–water partition coefficient (Wildman–Crippen LogP) is 4.84. The average Bonchev–Trinajstić information content (AvgIpc) is 3.73. The lowest BCUT2D eigenvalue weighted by molar-refractivity contribution is 1.61. The summed E-state index contributed by atoms with van der Waals surface area (Å²) in [6, 6.07) is 70.9. The molecule has 0 nitrogen and oxygen atoms in total. The van der Waals surface area contributed by atoms with E-state index in [9.17, 15) is 0 Å². The highest BCUT2D eigenvalue weighted by Gasteiger charge is 2.47. The first-order chi connectivity index (χ1) is 25.4. The molecule has 0 atom stereocenters. The van der Waals surface area contributed by atoms with Crippen molar-refractivity contribution in [3.8, 4) is 44.5 Å². The number of fused-ring (bicyclic) bond motifs is 10. The van der Waals surface area contributed by atoms with Gasteiger partial charge in [-0.25, -0.2) is 0 Å². The van der Waals surface area contributed by atoms with Crippen LogP contribution < -0.4 is 49.2 Å². The predicted molar refractivity (Wildman–Crippen MR) is 221 cm³/mol. The molecule has 51 heavy (non-hydrogen) atoms. The van der Waals surface area contributed by atoms with Crippen molar-refractivity contribution in [2.45, 2.75) is 0 Å². The summed E-state index contributed by atoms with van der Waals surface area (Å²) in [6.07, 6.45) is 0.